The Morgan fingerprint density at radius 1 is 1.44 bits per heavy atom. The van der Waals surface area contributed by atoms with Crippen LogP contribution in [0.4, 0.5) is 0 Å². The number of aliphatic hydroxyl groups is 1. The van der Waals surface area contributed by atoms with Crippen LogP contribution in [0.1, 0.15) is 29.7 Å². The number of nitrogens with one attached hydrogen (secondary N) is 2. The smallest absolute Gasteiger partial charge is 0.313 e. The molecule has 0 amide bonds. The number of esters is 1. The van der Waals surface area contributed by atoms with E-state index in [1.807, 2.05) is 24.3 Å². The summed E-state index contributed by atoms with van der Waals surface area (Å²) in [6, 6.07) is 7.34. The molecule has 132 valence electrons. The number of H-pyrrole nitrogens is 2. The van der Waals surface area contributed by atoms with Crippen LogP contribution >= 0.6 is 15.9 Å². The van der Waals surface area contributed by atoms with E-state index in [1.54, 1.807) is 6.92 Å². The highest BCUT2D eigenvalue weighted by atomic mass is 79.9. The molecule has 1 aliphatic carbocycles. The lowest BCUT2D eigenvalue weighted by atomic mass is 9.66. The molecule has 25 heavy (non-hydrogen) atoms. The zero-order chi connectivity index (χ0) is 18.2. The first-order chi connectivity index (χ1) is 11.8. The van der Waals surface area contributed by atoms with Gasteiger partial charge in [-0.1, -0.05) is 40.7 Å². The maximum Gasteiger partial charge on any atom is 0.313 e. The molecule has 0 saturated carbocycles. The summed E-state index contributed by atoms with van der Waals surface area (Å²) in [4.78, 5) is 25.1. The van der Waals surface area contributed by atoms with Gasteiger partial charge in [0.2, 0.25) is 0 Å². The second-order valence-corrected chi connectivity index (χ2v) is 7.35. The van der Waals surface area contributed by atoms with Crippen molar-refractivity contribution in [1.29, 1.82) is 0 Å². The lowest BCUT2D eigenvalue weighted by molar-refractivity contribution is -0.158. The molecule has 0 aliphatic heterocycles. The molecule has 3 atom stereocenters. The fraction of sp³-hybridized carbons (Fsp3) is 0.333. The van der Waals surface area contributed by atoms with Crippen molar-refractivity contribution < 1.29 is 14.6 Å². The van der Waals surface area contributed by atoms with Gasteiger partial charge in [0.15, 0.2) is 0 Å². The van der Waals surface area contributed by atoms with Gasteiger partial charge in [-0.2, -0.15) is 0 Å². The molecule has 0 unspecified atom stereocenters. The molecule has 0 radical (unpaired) electrons. The van der Waals surface area contributed by atoms with E-state index in [0.717, 1.165) is 10.0 Å². The van der Waals surface area contributed by atoms with Crippen LogP contribution in [0.15, 0.2) is 46.2 Å². The van der Waals surface area contributed by atoms with Gasteiger partial charge in [0, 0.05) is 28.1 Å². The SMILES string of the molecule is C=CCOC(=O)[C@@H]1[C@@H](c2ccc(Br)cc2)c2c([nH][nH]c2=O)C[C@]1(C)O. The first-order valence-electron chi connectivity index (χ1n) is 7.90. The van der Waals surface area contributed by atoms with Crippen molar-refractivity contribution in [2.45, 2.75) is 24.9 Å². The molecule has 0 saturated heterocycles. The van der Waals surface area contributed by atoms with Crippen molar-refractivity contribution in [1.82, 2.24) is 10.2 Å². The molecule has 1 aliphatic rings. The van der Waals surface area contributed by atoms with Crippen LogP contribution in [0.3, 0.4) is 0 Å². The molecule has 1 heterocycles. The number of aromatic nitrogens is 2. The molecule has 6 nitrogen and oxygen atoms in total. The molecule has 3 N–H and O–H groups in total. The van der Waals surface area contributed by atoms with Gasteiger partial charge in [0.05, 0.1) is 11.5 Å². The summed E-state index contributed by atoms with van der Waals surface area (Å²) in [5.74, 6) is -2.07. The molecule has 0 bridgehead atoms. The predicted molar refractivity (Wildman–Crippen MR) is 96.4 cm³/mol. The molecule has 2 aromatic rings. The monoisotopic (exact) mass is 406 g/mol. The van der Waals surface area contributed by atoms with Gasteiger partial charge in [-0.05, 0) is 24.6 Å². The van der Waals surface area contributed by atoms with Crippen LogP contribution in [0.5, 0.6) is 0 Å². The van der Waals surface area contributed by atoms with E-state index in [9.17, 15) is 14.7 Å². The molecule has 1 aromatic heterocycles. The second kappa shape index (κ2) is 6.65. The van der Waals surface area contributed by atoms with Gasteiger partial charge in [0.25, 0.3) is 5.56 Å². The van der Waals surface area contributed by atoms with Gasteiger partial charge in [-0.3, -0.25) is 14.7 Å². The Morgan fingerprint density at radius 2 is 2.12 bits per heavy atom. The molecule has 3 rings (SSSR count). The highest BCUT2D eigenvalue weighted by Gasteiger charge is 2.51. The first kappa shape index (κ1) is 17.7. The number of ether oxygens (including phenoxy) is 1. The minimum Gasteiger partial charge on any atom is -0.461 e. The summed E-state index contributed by atoms with van der Waals surface area (Å²) in [6.07, 6.45) is 1.63. The first-order valence-corrected chi connectivity index (χ1v) is 8.69. The fourth-order valence-electron chi connectivity index (χ4n) is 3.52. The Bertz CT molecular complexity index is 851. The molecular formula is C18H19BrN2O4. The number of hydrogen-bond acceptors (Lipinski definition) is 4. The number of benzene rings is 1. The Hall–Kier alpha value is -2.12. The van der Waals surface area contributed by atoms with Crippen LogP contribution in [-0.2, 0) is 16.0 Å². The third kappa shape index (κ3) is 3.21. The number of fused-ring (bicyclic) bond motifs is 1. The zero-order valence-electron chi connectivity index (χ0n) is 13.7. The average Bonchev–Trinajstić information content (AvgIpc) is 2.91. The van der Waals surface area contributed by atoms with E-state index in [2.05, 4.69) is 32.7 Å². The van der Waals surface area contributed by atoms with Crippen LogP contribution in [0, 0.1) is 5.92 Å². The molecular weight excluding hydrogens is 388 g/mol. The van der Waals surface area contributed by atoms with Crippen LogP contribution in [0.25, 0.3) is 0 Å². The number of halogens is 1. The highest BCUT2D eigenvalue weighted by Crippen LogP contribution is 2.44. The van der Waals surface area contributed by atoms with E-state index in [4.69, 9.17) is 4.74 Å². The Kier molecular flexibility index (Phi) is 4.71. The van der Waals surface area contributed by atoms with E-state index < -0.39 is 23.4 Å². The maximum absolute atomic E-state index is 12.7. The zero-order valence-corrected chi connectivity index (χ0v) is 15.3. The van der Waals surface area contributed by atoms with Crippen LogP contribution in [0.2, 0.25) is 0 Å². The van der Waals surface area contributed by atoms with Crippen molar-refractivity contribution in [3.63, 3.8) is 0 Å². The Balaban J connectivity index is 2.16. The predicted octanol–water partition coefficient (Wildman–Crippen LogP) is 2.25. The van der Waals surface area contributed by atoms with Crippen molar-refractivity contribution in [2.75, 3.05) is 6.61 Å². The quantitative estimate of drug-likeness (QED) is 0.535. The van der Waals surface area contributed by atoms with Crippen molar-refractivity contribution in [3.05, 3.63) is 68.6 Å². The number of hydrogen-bond donors (Lipinski definition) is 3. The van der Waals surface area contributed by atoms with Gasteiger partial charge >= 0.3 is 5.97 Å². The third-order valence-electron chi connectivity index (χ3n) is 4.57. The molecule has 0 spiro atoms. The van der Waals surface area contributed by atoms with Crippen molar-refractivity contribution >= 4 is 21.9 Å². The molecule has 7 heteroatoms. The maximum atomic E-state index is 12.7. The summed E-state index contributed by atoms with van der Waals surface area (Å²) in [5.41, 5.74) is 0.175. The lowest BCUT2D eigenvalue weighted by Gasteiger charge is -2.40. The van der Waals surface area contributed by atoms with Crippen molar-refractivity contribution in [3.8, 4) is 0 Å². The van der Waals surface area contributed by atoms with Gasteiger partial charge in [-0.25, -0.2) is 0 Å². The number of carbonyl (C=O) groups is 1. The number of rotatable bonds is 4. The second-order valence-electron chi connectivity index (χ2n) is 6.43. The minimum atomic E-state index is -1.37. The topological polar surface area (TPSA) is 95.2 Å². The highest BCUT2D eigenvalue weighted by molar-refractivity contribution is 9.10. The third-order valence-corrected chi connectivity index (χ3v) is 5.10. The standard InChI is InChI=1S/C18H19BrN2O4/c1-3-8-25-17(23)15-13(10-4-6-11(19)7-5-10)14-12(9-18(15,2)24)20-21-16(14)22/h3-7,13,15,24H,1,8-9H2,2H3,(H2,20,21,22)/t13-,15-,18-/m0/s1. The van der Waals surface area contributed by atoms with Gasteiger partial charge in [-0.15, -0.1) is 0 Å². The largest absolute Gasteiger partial charge is 0.461 e. The number of aromatic amines is 2. The van der Waals surface area contributed by atoms with Gasteiger partial charge in [0.1, 0.15) is 6.61 Å². The Morgan fingerprint density at radius 3 is 2.76 bits per heavy atom. The normalized spacial score (nSPS) is 25.2. The van der Waals surface area contributed by atoms with Crippen LogP contribution < -0.4 is 5.56 Å². The average molecular weight is 407 g/mol. The van der Waals surface area contributed by atoms with E-state index in [0.29, 0.717) is 11.3 Å². The summed E-state index contributed by atoms with van der Waals surface area (Å²) in [7, 11) is 0. The summed E-state index contributed by atoms with van der Waals surface area (Å²) < 4.78 is 6.11. The van der Waals surface area contributed by atoms with Gasteiger partial charge < -0.3 is 14.9 Å². The summed E-state index contributed by atoms with van der Waals surface area (Å²) in [5, 5.41) is 16.4. The number of carbonyl (C=O) groups excluding carboxylic acids is 1. The van der Waals surface area contributed by atoms with Crippen molar-refractivity contribution in [2.24, 2.45) is 5.92 Å². The Labute approximate surface area is 153 Å². The molecule has 1 aromatic carbocycles. The van der Waals surface area contributed by atoms with E-state index in [1.165, 1.54) is 6.08 Å². The van der Waals surface area contributed by atoms with E-state index >= 15 is 0 Å². The lowest BCUT2D eigenvalue weighted by Crippen LogP contribution is -2.50. The fourth-order valence-corrected chi connectivity index (χ4v) is 3.78. The minimum absolute atomic E-state index is 0.0504. The van der Waals surface area contributed by atoms with Crippen LogP contribution in [-0.4, -0.2) is 33.5 Å². The molecule has 0 fully saturated rings. The van der Waals surface area contributed by atoms with E-state index in [-0.39, 0.29) is 18.6 Å². The summed E-state index contributed by atoms with van der Waals surface area (Å²) in [6.45, 7) is 5.18. The summed E-state index contributed by atoms with van der Waals surface area (Å²) >= 11 is 3.38.